The Kier molecular flexibility index (Phi) is 5.14. The molecule has 0 bridgehead atoms. The summed E-state index contributed by atoms with van der Waals surface area (Å²) in [6.07, 6.45) is 1.21. The lowest BCUT2D eigenvalue weighted by Gasteiger charge is -2.17. The minimum Gasteiger partial charge on any atom is -0.480 e. The van der Waals surface area contributed by atoms with E-state index in [2.05, 4.69) is 21.2 Å². The van der Waals surface area contributed by atoms with Gasteiger partial charge in [-0.1, -0.05) is 28.1 Å². The van der Waals surface area contributed by atoms with E-state index in [0.29, 0.717) is 13.0 Å². The molecule has 0 aliphatic carbocycles. The van der Waals surface area contributed by atoms with Crippen LogP contribution in [0.2, 0.25) is 0 Å². The number of nitrogens with one attached hydrogen (secondary N) is 1. The number of hydrogen-bond acceptors (Lipinski definition) is 3. The van der Waals surface area contributed by atoms with Crippen molar-refractivity contribution < 1.29 is 19.4 Å². The molecule has 1 saturated heterocycles. The van der Waals surface area contributed by atoms with Gasteiger partial charge in [0.15, 0.2) is 0 Å². The fourth-order valence-corrected chi connectivity index (χ4v) is 2.60. The maximum Gasteiger partial charge on any atom is 0.326 e. The smallest absolute Gasteiger partial charge is 0.326 e. The Morgan fingerprint density at radius 2 is 2.30 bits per heavy atom. The van der Waals surface area contributed by atoms with E-state index >= 15 is 0 Å². The summed E-state index contributed by atoms with van der Waals surface area (Å²) in [5.41, 5.74) is 0.847. The minimum atomic E-state index is -1.05. The van der Waals surface area contributed by atoms with Gasteiger partial charge < -0.3 is 15.2 Å². The molecule has 1 amide bonds. The normalized spacial score (nSPS) is 19.6. The summed E-state index contributed by atoms with van der Waals surface area (Å²) in [5.74, 6) is -1.39. The van der Waals surface area contributed by atoms with Crippen molar-refractivity contribution in [1.82, 2.24) is 5.32 Å². The molecule has 0 saturated carbocycles. The van der Waals surface area contributed by atoms with Crippen molar-refractivity contribution in [3.63, 3.8) is 0 Å². The lowest BCUT2D eigenvalue weighted by atomic mass is 10.1. The molecule has 0 radical (unpaired) electrons. The van der Waals surface area contributed by atoms with Crippen LogP contribution in [0, 0.1) is 0 Å². The summed E-state index contributed by atoms with van der Waals surface area (Å²) in [5, 5.41) is 11.8. The standard InChI is InChI=1S/C14H16BrNO4/c15-10-4-1-3-9(7-10)8-11(14(18)19)16-13(17)12-5-2-6-20-12/h1,3-4,7,11-12H,2,5-6,8H2,(H,16,17)(H,18,19)/t11-,12-/m0/s1. The fourth-order valence-electron chi connectivity index (χ4n) is 2.15. The van der Waals surface area contributed by atoms with Crippen molar-refractivity contribution in [3.05, 3.63) is 34.3 Å². The number of aliphatic carboxylic acids is 1. The Hall–Kier alpha value is -1.40. The predicted octanol–water partition coefficient (Wildman–Crippen LogP) is 1.74. The van der Waals surface area contributed by atoms with Gasteiger partial charge >= 0.3 is 5.97 Å². The van der Waals surface area contributed by atoms with Crippen LogP contribution in [0.1, 0.15) is 18.4 Å². The third kappa shape index (κ3) is 4.05. The molecule has 1 aromatic carbocycles. The molecule has 5 nitrogen and oxygen atoms in total. The third-order valence-corrected chi connectivity index (χ3v) is 3.66. The summed E-state index contributed by atoms with van der Waals surface area (Å²) in [7, 11) is 0. The number of carbonyl (C=O) groups excluding carboxylic acids is 1. The molecule has 108 valence electrons. The molecule has 2 N–H and O–H groups in total. The van der Waals surface area contributed by atoms with Crippen LogP contribution >= 0.6 is 15.9 Å². The first-order valence-corrected chi connectivity index (χ1v) is 7.25. The maximum absolute atomic E-state index is 11.9. The topological polar surface area (TPSA) is 75.6 Å². The number of rotatable bonds is 5. The summed E-state index contributed by atoms with van der Waals surface area (Å²) in [4.78, 5) is 23.2. The van der Waals surface area contributed by atoms with Gasteiger partial charge in [-0.2, -0.15) is 0 Å². The van der Waals surface area contributed by atoms with Gasteiger partial charge in [-0.05, 0) is 30.5 Å². The quantitative estimate of drug-likeness (QED) is 0.855. The molecule has 0 spiro atoms. The molecule has 2 atom stereocenters. The molecule has 1 aliphatic rings. The van der Waals surface area contributed by atoms with Gasteiger partial charge in [-0.3, -0.25) is 4.79 Å². The molecular formula is C14H16BrNO4. The SMILES string of the molecule is O=C(O)[C@H](Cc1cccc(Br)c1)NC(=O)[C@@H]1CCCO1. The average molecular weight is 342 g/mol. The highest BCUT2D eigenvalue weighted by Gasteiger charge is 2.28. The predicted molar refractivity (Wildman–Crippen MR) is 76.4 cm³/mol. The zero-order valence-corrected chi connectivity index (χ0v) is 12.4. The van der Waals surface area contributed by atoms with Crippen molar-refractivity contribution in [3.8, 4) is 0 Å². The van der Waals surface area contributed by atoms with Crippen molar-refractivity contribution in [2.24, 2.45) is 0 Å². The summed E-state index contributed by atoms with van der Waals surface area (Å²) < 4.78 is 6.13. The van der Waals surface area contributed by atoms with E-state index in [9.17, 15) is 14.7 Å². The molecule has 1 aromatic rings. The van der Waals surface area contributed by atoms with E-state index in [1.165, 1.54) is 0 Å². The Morgan fingerprint density at radius 1 is 1.50 bits per heavy atom. The number of carbonyl (C=O) groups is 2. The molecule has 20 heavy (non-hydrogen) atoms. The molecular weight excluding hydrogens is 326 g/mol. The van der Waals surface area contributed by atoms with Crippen molar-refractivity contribution >= 4 is 27.8 Å². The van der Waals surface area contributed by atoms with E-state index in [-0.39, 0.29) is 12.3 Å². The molecule has 0 unspecified atom stereocenters. The second-order valence-corrected chi connectivity index (χ2v) is 5.65. The zero-order valence-electron chi connectivity index (χ0n) is 10.8. The summed E-state index contributed by atoms with van der Waals surface area (Å²) >= 11 is 3.34. The van der Waals surface area contributed by atoms with Crippen LogP contribution in [0.5, 0.6) is 0 Å². The van der Waals surface area contributed by atoms with Gasteiger partial charge in [0, 0.05) is 17.5 Å². The first-order chi connectivity index (χ1) is 9.56. The molecule has 1 heterocycles. The van der Waals surface area contributed by atoms with Crippen LogP contribution in [0.25, 0.3) is 0 Å². The number of hydrogen-bond donors (Lipinski definition) is 2. The van der Waals surface area contributed by atoms with Crippen LogP contribution in [0.3, 0.4) is 0 Å². The van der Waals surface area contributed by atoms with Crippen LogP contribution in [-0.2, 0) is 20.7 Å². The highest BCUT2D eigenvalue weighted by molar-refractivity contribution is 9.10. The van der Waals surface area contributed by atoms with Gasteiger partial charge in [-0.25, -0.2) is 4.79 Å². The van der Waals surface area contributed by atoms with E-state index < -0.39 is 18.1 Å². The number of benzene rings is 1. The lowest BCUT2D eigenvalue weighted by Crippen LogP contribution is -2.46. The van der Waals surface area contributed by atoms with Crippen LogP contribution in [0.15, 0.2) is 28.7 Å². The largest absolute Gasteiger partial charge is 0.480 e. The summed E-state index contributed by atoms with van der Waals surface area (Å²) in [6, 6.07) is 6.43. The monoisotopic (exact) mass is 341 g/mol. The van der Waals surface area contributed by atoms with E-state index in [4.69, 9.17) is 4.74 Å². The average Bonchev–Trinajstić information content (AvgIpc) is 2.91. The fraction of sp³-hybridized carbons (Fsp3) is 0.429. The number of carboxylic acid groups (broad SMARTS) is 1. The Morgan fingerprint density at radius 3 is 2.90 bits per heavy atom. The van der Waals surface area contributed by atoms with Gasteiger partial charge in [0.1, 0.15) is 12.1 Å². The first-order valence-electron chi connectivity index (χ1n) is 6.45. The Labute approximate surface area is 125 Å². The van der Waals surface area contributed by atoms with Gasteiger partial charge in [0.25, 0.3) is 0 Å². The lowest BCUT2D eigenvalue weighted by molar-refractivity contribution is -0.143. The Balaban J connectivity index is 2.00. The first kappa shape index (κ1) is 15.0. The van der Waals surface area contributed by atoms with Crippen LogP contribution in [-0.4, -0.2) is 35.7 Å². The highest BCUT2D eigenvalue weighted by atomic mass is 79.9. The third-order valence-electron chi connectivity index (χ3n) is 3.17. The molecule has 0 aromatic heterocycles. The molecule has 6 heteroatoms. The maximum atomic E-state index is 11.9. The van der Waals surface area contributed by atoms with Gasteiger partial charge in [0.05, 0.1) is 0 Å². The Bertz CT molecular complexity index is 500. The zero-order chi connectivity index (χ0) is 14.5. The van der Waals surface area contributed by atoms with Crippen molar-refractivity contribution in [2.75, 3.05) is 6.61 Å². The number of halogens is 1. The van der Waals surface area contributed by atoms with E-state index in [1.807, 2.05) is 24.3 Å². The number of ether oxygens (including phenoxy) is 1. The highest BCUT2D eigenvalue weighted by Crippen LogP contribution is 2.15. The van der Waals surface area contributed by atoms with E-state index in [1.54, 1.807) is 0 Å². The molecule has 2 rings (SSSR count). The van der Waals surface area contributed by atoms with Crippen LogP contribution < -0.4 is 5.32 Å². The number of carboxylic acids is 1. The minimum absolute atomic E-state index is 0.243. The second kappa shape index (κ2) is 6.85. The van der Waals surface area contributed by atoms with E-state index in [0.717, 1.165) is 16.5 Å². The van der Waals surface area contributed by atoms with Crippen LogP contribution in [0.4, 0.5) is 0 Å². The molecule has 1 aliphatic heterocycles. The molecule has 1 fully saturated rings. The van der Waals surface area contributed by atoms with Crippen molar-refractivity contribution in [2.45, 2.75) is 31.4 Å². The van der Waals surface area contributed by atoms with Gasteiger partial charge in [0.2, 0.25) is 5.91 Å². The second-order valence-electron chi connectivity index (χ2n) is 4.74. The number of amides is 1. The van der Waals surface area contributed by atoms with Gasteiger partial charge in [-0.15, -0.1) is 0 Å². The van der Waals surface area contributed by atoms with Crippen molar-refractivity contribution in [1.29, 1.82) is 0 Å². The summed E-state index contributed by atoms with van der Waals surface area (Å²) in [6.45, 7) is 0.557.